The van der Waals surface area contributed by atoms with Crippen molar-refractivity contribution in [1.29, 1.82) is 0 Å². The van der Waals surface area contributed by atoms with Crippen molar-refractivity contribution in [1.82, 2.24) is 15.1 Å². The van der Waals surface area contributed by atoms with Crippen LogP contribution in [0.15, 0.2) is 0 Å². The zero-order valence-electron chi connectivity index (χ0n) is 10.9. The maximum atomic E-state index is 11.1. The van der Waals surface area contributed by atoms with E-state index in [0.29, 0.717) is 12.5 Å². The number of aromatic amines is 1. The first kappa shape index (κ1) is 12.6. The first-order valence-electron chi connectivity index (χ1n) is 6.83. The number of carbonyl (C=O) groups is 1. The number of ether oxygens (including phenoxy) is 1. The van der Waals surface area contributed by atoms with Crippen molar-refractivity contribution >= 4 is 5.97 Å². The van der Waals surface area contributed by atoms with Crippen LogP contribution in [0.25, 0.3) is 0 Å². The number of fused-ring (bicyclic) bond motifs is 1. The lowest BCUT2D eigenvalue weighted by Crippen LogP contribution is -2.37. The van der Waals surface area contributed by atoms with E-state index in [1.165, 1.54) is 6.42 Å². The zero-order chi connectivity index (χ0) is 13.2. The lowest BCUT2D eigenvalue weighted by atomic mass is 9.99. The number of rotatable bonds is 3. The minimum atomic E-state index is -0.944. The molecule has 0 bridgehead atoms. The van der Waals surface area contributed by atoms with E-state index in [4.69, 9.17) is 9.84 Å². The highest BCUT2D eigenvalue weighted by atomic mass is 16.5. The molecule has 1 fully saturated rings. The summed E-state index contributed by atoms with van der Waals surface area (Å²) in [5, 5.41) is 15.9. The fourth-order valence-corrected chi connectivity index (χ4v) is 3.00. The summed E-state index contributed by atoms with van der Waals surface area (Å²) in [4.78, 5) is 13.4. The van der Waals surface area contributed by atoms with E-state index < -0.39 is 5.97 Å². The van der Waals surface area contributed by atoms with Gasteiger partial charge in [0.25, 0.3) is 0 Å². The van der Waals surface area contributed by atoms with Crippen LogP contribution >= 0.6 is 0 Å². The van der Waals surface area contributed by atoms with Crippen molar-refractivity contribution in [2.75, 3.05) is 26.3 Å². The first-order chi connectivity index (χ1) is 9.24. The summed E-state index contributed by atoms with van der Waals surface area (Å²) in [5.41, 5.74) is 2.02. The quantitative estimate of drug-likeness (QED) is 0.848. The molecule has 0 aromatic carbocycles. The third-order valence-electron chi connectivity index (χ3n) is 3.99. The van der Waals surface area contributed by atoms with Crippen LogP contribution in [0.2, 0.25) is 0 Å². The molecule has 1 saturated heterocycles. The molecular formula is C13H19N3O3. The van der Waals surface area contributed by atoms with E-state index in [-0.39, 0.29) is 5.69 Å². The molecule has 3 rings (SSSR count). The topological polar surface area (TPSA) is 78.4 Å². The summed E-state index contributed by atoms with van der Waals surface area (Å²) >= 11 is 0. The SMILES string of the molecule is O=C(O)c1n[nH]c2c1CN(CC1CCCOC1)CC2. The molecule has 3 heterocycles. The molecule has 1 atom stereocenters. The Kier molecular flexibility index (Phi) is 3.52. The van der Waals surface area contributed by atoms with Gasteiger partial charge in [-0.1, -0.05) is 0 Å². The van der Waals surface area contributed by atoms with Gasteiger partial charge in [-0.05, 0) is 18.8 Å². The van der Waals surface area contributed by atoms with Crippen molar-refractivity contribution in [3.05, 3.63) is 17.0 Å². The van der Waals surface area contributed by atoms with Gasteiger partial charge in [0.2, 0.25) is 0 Å². The lowest BCUT2D eigenvalue weighted by molar-refractivity contribution is 0.0362. The summed E-state index contributed by atoms with van der Waals surface area (Å²) in [6.07, 6.45) is 3.19. The Labute approximate surface area is 111 Å². The smallest absolute Gasteiger partial charge is 0.356 e. The van der Waals surface area contributed by atoms with Gasteiger partial charge >= 0.3 is 5.97 Å². The van der Waals surface area contributed by atoms with Crippen LogP contribution in [0.5, 0.6) is 0 Å². The highest BCUT2D eigenvalue weighted by molar-refractivity contribution is 5.87. The van der Waals surface area contributed by atoms with Crippen LogP contribution in [0.4, 0.5) is 0 Å². The van der Waals surface area contributed by atoms with Gasteiger partial charge in [-0.15, -0.1) is 0 Å². The van der Waals surface area contributed by atoms with E-state index in [2.05, 4.69) is 15.1 Å². The molecule has 0 amide bonds. The van der Waals surface area contributed by atoms with Crippen molar-refractivity contribution in [2.24, 2.45) is 5.92 Å². The standard InChI is InChI=1S/C13H19N3O3/c17-13(18)12-10-7-16(4-3-11(10)14-15-12)6-9-2-1-5-19-8-9/h9H,1-8H2,(H,14,15)(H,17,18). The minimum absolute atomic E-state index is 0.180. The van der Waals surface area contributed by atoms with Crippen LogP contribution < -0.4 is 0 Å². The maximum Gasteiger partial charge on any atom is 0.356 e. The average Bonchev–Trinajstić information content (AvgIpc) is 2.83. The molecule has 2 N–H and O–H groups in total. The molecule has 1 aromatic heterocycles. The fraction of sp³-hybridized carbons (Fsp3) is 0.692. The molecule has 1 aromatic rings. The van der Waals surface area contributed by atoms with Gasteiger partial charge in [0.1, 0.15) is 0 Å². The first-order valence-corrected chi connectivity index (χ1v) is 6.83. The van der Waals surface area contributed by atoms with Crippen LogP contribution in [-0.4, -0.2) is 52.5 Å². The minimum Gasteiger partial charge on any atom is -0.476 e. The third-order valence-corrected chi connectivity index (χ3v) is 3.99. The second-order valence-corrected chi connectivity index (χ2v) is 5.40. The lowest BCUT2D eigenvalue weighted by Gasteiger charge is -2.32. The third kappa shape index (κ3) is 2.64. The van der Waals surface area contributed by atoms with Gasteiger partial charge < -0.3 is 9.84 Å². The molecule has 19 heavy (non-hydrogen) atoms. The molecule has 0 saturated carbocycles. The van der Waals surface area contributed by atoms with E-state index in [9.17, 15) is 4.79 Å². The molecule has 0 aliphatic carbocycles. The number of H-pyrrole nitrogens is 1. The molecule has 6 nitrogen and oxygen atoms in total. The van der Waals surface area contributed by atoms with Crippen LogP contribution in [0.1, 0.15) is 34.6 Å². The molecule has 2 aliphatic rings. The number of hydrogen-bond donors (Lipinski definition) is 2. The molecule has 1 unspecified atom stereocenters. The van der Waals surface area contributed by atoms with Crippen molar-refractivity contribution in [3.63, 3.8) is 0 Å². The maximum absolute atomic E-state index is 11.1. The highest BCUT2D eigenvalue weighted by Crippen LogP contribution is 2.23. The number of carboxylic acid groups (broad SMARTS) is 1. The molecule has 2 aliphatic heterocycles. The van der Waals surface area contributed by atoms with Gasteiger partial charge in [0, 0.05) is 43.9 Å². The Bertz CT molecular complexity index is 466. The van der Waals surface area contributed by atoms with Crippen LogP contribution in [0, 0.1) is 5.92 Å². The zero-order valence-corrected chi connectivity index (χ0v) is 10.9. The van der Waals surface area contributed by atoms with Crippen molar-refractivity contribution in [3.8, 4) is 0 Å². The van der Waals surface area contributed by atoms with Crippen LogP contribution in [-0.2, 0) is 17.7 Å². The van der Waals surface area contributed by atoms with E-state index >= 15 is 0 Å². The summed E-state index contributed by atoms with van der Waals surface area (Å²) in [7, 11) is 0. The summed E-state index contributed by atoms with van der Waals surface area (Å²) in [6.45, 7) is 4.35. The second kappa shape index (κ2) is 5.30. The van der Waals surface area contributed by atoms with E-state index in [0.717, 1.165) is 50.4 Å². The second-order valence-electron chi connectivity index (χ2n) is 5.40. The fourth-order valence-electron chi connectivity index (χ4n) is 3.00. The Morgan fingerprint density at radius 3 is 3.21 bits per heavy atom. The van der Waals surface area contributed by atoms with Crippen LogP contribution in [0.3, 0.4) is 0 Å². The van der Waals surface area contributed by atoms with Crippen molar-refractivity contribution < 1.29 is 14.6 Å². The molecule has 6 heteroatoms. The van der Waals surface area contributed by atoms with E-state index in [1.807, 2.05) is 0 Å². The predicted octanol–water partition coefficient (Wildman–Crippen LogP) is 0.893. The number of aromatic nitrogens is 2. The Hall–Kier alpha value is -1.40. The Morgan fingerprint density at radius 1 is 1.58 bits per heavy atom. The Morgan fingerprint density at radius 2 is 2.47 bits per heavy atom. The normalized spacial score (nSPS) is 24.1. The number of aromatic carboxylic acids is 1. The number of nitrogens with one attached hydrogen (secondary N) is 1. The molecule has 0 spiro atoms. The molecule has 104 valence electrons. The van der Waals surface area contributed by atoms with Gasteiger partial charge in [0.15, 0.2) is 5.69 Å². The summed E-state index contributed by atoms with van der Waals surface area (Å²) in [5.74, 6) is -0.365. The number of hydrogen-bond acceptors (Lipinski definition) is 4. The number of nitrogens with zero attached hydrogens (tertiary/aromatic N) is 2. The van der Waals surface area contributed by atoms with E-state index in [1.54, 1.807) is 0 Å². The van der Waals surface area contributed by atoms with Gasteiger partial charge in [0.05, 0.1) is 6.61 Å². The molecular weight excluding hydrogens is 246 g/mol. The summed E-state index contributed by atoms with van der Waals surface area (Å²) < 4.78 is 5.50. The largest absolute Gasteiger partial charge is 0.476 e. The number of carboxylic acids is 1. The predicted molar refractivity (Wildman–Crippen MR) is 68.1 cm³/mol. The molecule has 0 radical (unpaired) electrons. The highest BCUT2D eigenvalue weighted by Gasteiger charge is 2.27. The monoisotopic (exact) mass is 265 g/mol. The van der Waals surface area contributed by atoms with Gasteiger partial charge in [-0.3, -0.25) is 10.00 Å². The van der Waals surface area contributed by atoms with Crippen molar-refractivity contribution in [2.45, 2.75) is 25.8 Å². The summed E-state index contributed by atoms with van der Waals surface area (Å²) in [6, 6.07) is 0. The Balaban J connectivity index is 1.67. The van der Waals surface area contributed by atoms with Gasteiger partial charge in [-0.25, -0.2) is 4.79 Å². The van der Waals surface area contributed by atoms with Gasteiger partial charge in [-0.2, -0.15) is 5.10 Å². The average molecular weight is 265 g/mol.